The molecule has 6 nitrogen and oxygen atoms in total. The molecule has 0 saturated heterocycles. The summed E-state index contributed by atoms with van der Waals surface area (Å²) < 4.78 is 16.8. The Bertz CT molecular complexity index is 980. The van der Waals surface area contributed by atoms with Gasteiger partial charge in [0.05, 0.1) is 0 Å². The fraction of sp³-hybridized carbons (Fsp3) is 0.947. The van der Waals surface area contributed by atoms with E-state index in [1.165, 1.54) is 193 Å². The first-order valence-corrected chi connectivity index (χ1v) is 28.2. The van der Waals surface area contributed by atoms with Crippen LogP contribution in [0.3, 0.4) is 0 Å². The molecule has 0 aliphatic carbocycles. The molecule has 6 heteroatoms. The minimum Gasteiger partial charge on any atom is -0.462 e. The summed E-state index contributed by atoms with van der Waals surface area (Å²) in [5, 5.41) is 0. The van der Waals surface area contributed by atoms with Crippen LogP contribution in [-0.2, 0) is 28.6 Å². The van der Waals surface area contributed by atoms with Gasteiger partial charge in [0.1, 0.15) is 13.2 Å². The van der Waals surface area contributed by atoms with Gasteiger partial charge < -0.3 is 14.2 Å². The van der Waals surface area contributed by atoms with Crippen molar-refractivity contribution in [3.63, 3.8) is 0 Å². The summed E-state index contributed by atoms with van der Waals surface area (Å²) in [4.78, 5) is 38.0. The molecule has 0 saturated carbocycles. The second-order valence-corrected chi connectivity index (χ2v) is 20.5. The highest BCUT2D eigenvalue weighted by molar-refractivity contribution is 5.71. The van der Waals surface area contributed by atoms with E-state index in [9.17, 15) is 14.4 Å². The minimum atomic E-state index is -0.764. The molecule has 0 aliphatic rings. The lowest BCUT2D eigenvalue weighted by Gasteiger charge is -2.18. The Morgan fingerprint density at radius 2 is 0.556 bits per heavy atom. The van der Waals surface area contributed by atoms with Crippen LogP contribution in [-0.4, -0.2) is 37.2 Å². The number of rotatable bonds is 50. The molecule has 0 aromatic heterocycles. The van der Waals surface area contributed by atoms with E-state index in [-0.39, 0.29) is 31.1 Å². The summed E-state index contributed by atoms with van der Waals surface area (Å²) >= 11 is 0. The molecule has 2 unspecified atom stereocenters. The highest BCUT2D eigenvalue weighted by Gasteiger charge is 2.19. The largest absolute Gasteiger partial charge is 0.462 e. The smallest absolute Gasteiger partial charge is 0.306 e. The number of carbonyl (C=O) groups is 3. The van der Waals surface area contributed by atoms with Gasteiger partial charge in [-0.05, 0) is 37.0 Å². The zero-order valence-electron chi connectivity index (χ0n) is 43.4. The van der Waals surface area contributed by atoms with E-state index in [0.29, 0.717) is 19.3 Å². The third kappa shape index (κ3) is 48.2. The van der Waals surface area contributed by atoms with Crippen LogP contribution in [0, 0.1) is 17.8 Å². The average molecular weight is 892 g/mol. The zero-order valence-corrected chi connectivity index (χ0v) is 43.4. The van der Waals surface area contributed by atoms with Crippen LogP contribution in [0.5, 0.6) is 0 Å². The molecule has 0 bridgehead atoms. The molecule has 0 spiro atoms. The lowest BCUT2D eigenvalue weighted by molar-refractivity contribution is -0.167. The van der Waals surface area contributed by atoms with Gasteiger partial charge in [0.15, 0.2) is 6.10 Å². The maximum absolute atomic E-state index is 12.8. The average Bonchev–Trinajstić information content (AvgIpc) is 3.27. The van der Waals surface area contributed by atoms with E-state index >= 15 is 0 Å². The normalized spacial score (nSPS) is 13.0. The Morgan fingerprint density at radius 3 is 0.825 bits per heavy atom. The highest BCUT2D eigenvalue weighted by Crippen LogP contribution is 2.19. The van der Waals surface area contributed by atoms with Crippen molar-refractivity contribution in [2.75, 3.05) is 13.2 Å². The predicted molar refractivity (Wildman–Crippen MR) is 270 cm³/mol. The number of esters is 3. The summed E-state index contributed by atoms with van der Waals surface area (Å²) in [5.41, 5.74) is 0. The topological polar surface area (TPSA) is 78.9 Å². The van der Waals surface area contributed by atoms with Gasteiger partial charge in [0.25, 0.3) is 0 Å². The van der Waals surface area contributed by atoms with Crippen molar-refractivity contribution < 1.29 is 28.6 Å². The van der Waals surface area contributed by atoms with Gasteiger partial charge in [0, 0.05) is 19.3 Å². The van der Waals surface area contributed by atoms with E-state index in [1.54, 1.807) is 0 Å². The summed E-state index contributed by atoms with van der Waals surface area (Å²) in [6.07, 6.45) is 49.6. The van der Waals surface area contributed by atoms with Crippen molar-refractivity contribution in [3.8, 4) is 0 Å². The van der Waals surface area contributed by atoms with Crippen LogP contribution in [0.2, 0.25) is 0 Å². The Kier molecular flexibility index (Phi) is 47.1. The number of hydrogen-bond acceptors (Lipinski definition) is 6. The fourth-order valence-corrected chi connectivity index (χ4v) is 8.58. The zero-order chi connectivity index (χ0) is 46.3. The van der Waals surface area contributed by atoms with Gasteiger partial charge in [0.2, 0.25) is 0 Å². The number of carbonyl (C=O) groups excluding carboxylic acids is 3. The van der Waals surface area contributed by atoms with Crippen LogP contribution >= 0.6 is 0 Å². The van der Waals surface area contributed by atoms with Crippen molar-refractivity contribution in [2.24, 2.45) is 17.8 Å². The molecule has 0 fully saturated rings. The Hall–Kier alpha value is -1.59. The Morgan fingerprint density at radius 1 is 0.317 bits per heavy atom. The molecule has 0 aliphatic heterocycles. The van der Waals surface area contributed by atoms with Crippen LogP contribution < -0.4 is 0 Å². The summed E-state index contributed by atoms with van der Waals surface area (Å²) in [5.74, 6) is 1.69. The third-order valence-corrected chi connectivity index (χ3v) is 13.6. The molecule has 0 heterocycles. The van der Waals surface area contributed by atoms with E-state index in [0.717, 1.165) is 75.5 Å². The summed E-state index contributed by atoms with van der Waals surface area (Å²) in [6, 6.07) is 0. The van der Waals surface area contributed by atoms with Crippen molar-refractivity contribution >= 4 is 17.9 Å². The van der Waals surface area contributed by atoms with Gasteiger partial charge in [-0.3, -0.25) is 14.4 Å². The molecule has 63 heavy (non-hydrogen) atoms. The summed E-state index contributed by atoms with van der Waals surface area (Å²) in [6.45, 7) is 13.8. The molecule has 0 rings (SSSR count). The third-order valence-electron chi connectivity index (χ3n) is 13.6. The van der Waals surface area contributed by atoms with E-state index in [4.69, 9.17) is 14.2 Å². The van der Waals surface area contributed by atoms with Gasteiger partial charge in [-0.1, -0.05) is 273 Å². The summed E-state index contributed by atoms with van der Waals surface area (Å²) in [7, 11) is 0. The lowest BCUT2D eigenvalue weighted by Crippen LogP contribution is -2.30. The van der Waals surface area contributed by atoms with E-state index < -0.39 is 6.10 Å². The lowest BCUT2D eigenvalue weighted by atomic mass is 9.99. The number of hydrogen-bond donors (Lipinski definition) is 0. The molecule has 0 aromatic rings. The molecule has 0 amide bonds. The first kappa shape index (κ1) is 61.4. The maximum Gasteiger partial charge on any atom is 0.306 e. The number of unbranched alkanes of at least 4 members (excludes halogenated alkanes) is 31. The quantitative estimate of drug-likeness (QED) is 0.0344. The minimum absolute atomic E-state index is 0.0650. The van der Waals surface area contributed by atoms with Crippen LogP contribution in [0.15, 0.2) is 0 Å². The van der Waals surface area contributed by atoms with Crippen LogP contribution in [0.4, 0.5) is 0 Å². The second-order valence-electron chi connectivity index (χ2n) is 20.5. The predicted octanol–water partition coefficient (Wildman–Crippen LogP) is 18.3. The SMILES string of the molecule is CCC(C)CCCCCCCCCCCCCCCCCCCCC(=O)O[C@H](COC(=O)CCCCCCCCCCCCC(C)C)COC(=O)CCCCCCCCC(C)CC. The fourth-order valence-electron chi connectivity index (χ4n) is 8.58. The van der Waals surface area contributed by atoms with Gasteiger partial charge in [-0.15, -0.1) is 0 Å². The molecule has 374 valence electrons. The molecule has 0 aromatic carbocycles. The van der Waals surface area contributed by atoms with Gasteiger partial charge in [-0.2, -0.15) is 0 Å². The maximum atomic E-state index is 12.8. The first-order valence-electron chi connectivity index (χ1n) is 28.2. The van der Waals surface area contributed by atoms with Crippen molar-refractivity contribution in [2.45, 2.75) is 317 Å². The molecular formula is C57H110O6. The van der Waals surface area contributed by atoms with Crippen LogP contribution in [0.25, 0.3) is 0 Å². The number of ether oxygens (including phenoxy) is 3. The molecule has 3 atom stereocenters. The highest BCUT2D eigenvalue weighted by atomic mass is 16.6. The van der Waals surface area contributed by atoms with E-state index in [2.05, 4.69) is 41.5 Å². The second kappa shape index (κ2) is 48.3. The monoisotopic (exact) mass is 891 g/mol. The van der Waals surface area contributed by atoms with Gasteiger partial charge >= 0.3 is 17.9 Å². The van der Waals surface area contributed by atoms with Gasteiger partial charge in [-0.25, -0.2) is 0 Å². The molecule has 0 radical (unpaired) electrons. The van der Waals surface area contributed by atoms with Crippen molar-refractivity contribution in [3.05, 3.63) is 0 Å². The first-order chi connectivity index (χ1) is 30.7. The Balaban J connectivity index is 4.22. The Labute approximate surface area is 393 Å². The molecular weight excluding hydrogens is 781 g/mol. The van der Waals surface area contributed by atoms with Crippen LogP contribution in [0.1, 0.15) is 311 Å². The standard InChI is InChI=1S/C57H110O6/c1-7-52(5)44-38-32-26-22-17-15-13-11-9-10-12-14-16-18-24-28-36-42-48-57(60)63-54(50-62-56(59)47-41-35-30-29-33-39-45-53(6)8-2)49-61-55(58)46-40-34-27-23-20-19-21-25-31-37-43-51(3)4/h51-54H,7-50H2,1-6H3/t52?,53?,54-/m1/s1. The van der Waals surface area contributed by atoms with E-state index in [1.807, 2.05) is 0 Å². The molecule has 0 N–H and O–H groups in total. The van der Waals surface area contributed by atoms with Crippen molar-refractivity contribution in [1.29, 1.82) is 0 Å². The van der Waals surface area contributed by atoms with Crippen molar-refractivity contribution in [1.82, 2.24) is 0 Å².